The van der Waals surface area contributed by atoms with Gasteiger partial charge in [0.2, 0.25) is 0 Å². The van der Waals surface area contributed by atoms with Gasteiger partial charge < -0.3 is 4.79 Å². The minimum atomic E-state index is -0.0926. The fourth-order valence-corrected chi connectivity index (χ4v) is 3.20. The van der Waals surface area contributed by atoms with Gasteiger partial charge in [0.1, 0.15) is 5.78 Å². The molecule has 1 atom stereocenters. The zero-order valence-corrected chi connectivity index (χ0v) is 14.9. The Balaban J connectivity index is 1.81. The lowest BCUT2D eigenvalue weighted by Gasteiger charge is -2.16. The first kappa shape index (κ1) is 17.8. The van der Waals surface area contributed by atoms with Gasteiger partial charge in [0, 0.05) is 18.4 Å². The van der Waals surface area contributed by atoms with Crippen LogP contribution >= 0.6 is 0 Å². The Bertz CT molecular complexity index is 865. The van der Waals surface area contributed by atoms with E-state index >= 15 is 0 Å². The summed E-state index contributed by atoms with van der Waals surface area (Å²) in [6.45, 7) is 1.58. The molecule has 0 aliphatic carbocycles. The molecule has 3 aromatic rings. The predicted octanol–water partition coefficient (Wildman–Crippen LogP) is 5.69. The fourth-order valence-electron chi connectivity index (χ4n) is 3.20. The molecule has 0 saturated heterocycles. The number of hydrogen-bond donors (Lipinski definition) is 0. The van der Waals surface area contributed by atoms with Gasteiger partial charge in [-0.15, -0.1) is 0 Å². The number of Topliss-reactive ketones (excluding diaryl/α,β-unsaturated/α-hetero) is 2. The van der Waals surface area contributed by atoms with Crippen molar-refractivity contribution in [2.75, 3.05) is 0 Å². The highest BCUT2D eigenvalue weighted by molar-refractivity contribution is 5.96. The van der Waals surface area contributed by atoms with Crippen LogP contribution in [0.1, 0.15) is 41.6 Å². The molecular formula is C24H22O2. The topological polar surface area (TPSA) is 34.1 Å². The molecule has 26 heavy (non-hydrogen) atoms. The molecule has 0 spiro atoms. The summed E-state index contributed by atoms with van der Waals surface area (Å²) >= 11 is 0. The van der Waals surface area contributed by atoms with Crippen molar-refractivity contribution < 1.29 is 9.59 Å². The summed E-state index contributed by atoms with van der Waals surface area (Å²) in [4.78, 5) is 24.3. The average Bonchev–Trinajstić information content (AvgIpc) is 2.68. The SMILES string of the molecule is CC(=O)C[C@@H](CC(=O)c1ccccc1)c1ccc(-c2ccccc2)cc1. The molecule has 0 aliphatic heterocycles. The van der Waals surface area contributed by atoms with Crippen molar-refractivity contribution >= 4 is 11.6 Å². The Morgan fingerprint density at radius 1 is 0.692 bits per heavy atom. The monoisotopic (exact) mass is 342 g/mol. The van der Waals surface area contributed by atoms with Gasteiger partial charge in [-0.25, -0.2) is 0 Å². The van der Waals surface area contributed by atoms with Crippen molar-refractivity contribution in [2.45, 2.75) is 25.7 Å². The van der Waals surface area contributed by atoms with E-state index in [1.807, 2.05) is 60.7 Å². The van der Waals surface area contributed by atoms with Crippen LogP contribution in [0.2, 0.25) is 0 Å². The molecule has 0 aliphatic rings. The molecule has 0 fully saturated rings. The normalized spacial score (nSPS) is 11.7. The van der Waals surface area contributed by atoms with Crippen molar-refractivity contribution in [3.05, 3.63) is 96.1 Å². The maximum Gasteiger partial charge on any atom is 0.163 e. The molecule has 0 bridgehead atoms. The number of ketones is 2. The third-order valence-corrected chi connectivity index (χ3v) is 4.55. The number of rotatable bonds is 7. The van der Waals surface area contributed by atoms with E-state index in [-0.39, 0.29) is 17.5 Å². The van der Waals surface area contributed by atoms with Crippen molar-refractivity contribution in [2.24, 2.45) is 0 Å². The average molecular weight is 342 g/mol. The van der Waals surface area contributed by atoms with Crippen LogP contribution in [0.5, 0.6) is 0 Å². The van der Waals surface area contributed by atoms with Crippen LogP contribution in [0.15, 0.2) is 84.9 Å². The molecule has 0 aromatic heterocycles. The second-order valence-corrected chi connectivity index (χ2v) is 6.58. The lowest BCUT2D eigenvalue weighted by molar-refractivity contribution is -0.117. The predicted molar refractivity (Wildman–Crippen MR) is 105 cm³/mol. The summed E-state index contributed by atoms with van der Waals surface area (Å²) < 4.78 is 0. The summed E-state index contributed by atoms with van der Waals surface area (Å²) in [5.74, 6) is 0.0806. The maximum absolute atomic E-state index is 12.6. The molecule has 3 aromatic carbocycles. The van der Waals surface area contributed by atoms with Gasteiger partial charge in [0.25, 0.3) is 0 Å². The van der Waals surface area contributed by atoms with Crippen LogP contribution in [0.3, 0.4) is 0 Å². The quantitative estimate of drug-likeness (QED) is 0.517. The summed E-state index contributed by atoms with van der Waals surface area (Å²) in [5, 5.41) is 0. The molecule has 130 valence electrons. The number of carbonyl (C=O) groups is 2. The molecule has 0 saturated carbocycles. The summed E-state index contributed by atoms with van der Waals surface area (Å²) in [5.41, 5.74) is 4.01. The zero-order valence-electron chi connectivity index (χ0n) is 14.9. The second kappa shape index (κ2) is 8.39. The first-order valence-corrected chi connectivity index (χ1v) is 8.86. The van der Waals surface area contributed by atoms with Crippen molar-refractivity contribution in [1.82, 2.24) is 0 Å². The Morgan fingerprint density at radius 2 is 1.23 bits per heavy atom. The van der Waals surface area contributed by atoms with Gasteiger partial charge in [0.05, 0.1) is 0 Å². The molecule has 0 unspecified atom stereocenters. The van der Waals surface area contributed by atoms with Gasteiger partial charge in [-0.05, 0) is 29.5 Å². The molecule has 3 rings (SSSR count). The fraction of sp³-hybridized carbons (Fsp3) is 0.167. The van der Waals surface area contributed by atoms with Crippen LogP contribution in [0.4, 0.5) is 0 Å². The van der Waals surface area contributed by atoms with E-state index in [9.17, 15) is 9.59 Å². The van der Waals surface area contributed by atoms with Crippen LogP contribution in [-0.4, -0.2) is 11.6 Å². The minimum absolute atomic E-state index is 0.0731. The maximum atomic E-state index is 12.6. The first-order chi connectivity index (χ1) is 12.6. The Kier molecular flexibility index (Phi) is 5.75. The van der Waals surface area contributed by atoms with Gasteiger partial charge in [0.15, 0.2) is 5.78 Å². The highest BCUT2D eigenvalue weighted by Gasteiger charge is 2.19. The van der Waals surface area contributed by atoms with E-state index in [0.29, 0.717) is 18.4 Å². The summed E-state index contributed by atoms with van der Waals surface area (Å²) in [7, 11) is 0. The second-order valence-electron chi connectivity index (χ2n) is 6.58. The first-order valence-electron chi connectivity index (χ1n) is 8.86. The molecule has 0 heterocycles. The van der Waals surface area contributed by atoms with E-state index < -0.39 is 0 Å². The van der Waals surface area contributed by atoms with Crippen LogP contribution < -0.4 is 0 Å². The Hall–Kier alpha value is -3.00. The smallest absolute Gasteiger partial charge is 0.163 e. The Morgan fingerprint density at radius 3 is 1.81 bits per heavy atom. The highest BCUT2D eigenvalue weighted by atomic mass is 16.1. The Labute approximate surface area is 154 Å². The summed E-state index contributed by atoms with van der Waals surface area (Å²) in [6.07, 6.45) is 0.720. The molecular weight excluding hydrogens is 320 g/mol. The van der Waals surface area contributed by atoms with E-state index in [0.717, 1.165) is 16.7 Å². The van der Waals surface area contributed by atoms with Crippen LogP contribution in [0, 0.1) is 0 Å². The molecule has 2 heteroatoms. The van der Waals surface area contributed by atoms with Crippen LogP contribution in [0.25, 0.3) is 11.1 Å². The van der Waals surface area contributed by atoms with E-state index in [1.54, 1.807) is 6.92 Å². The number of carbonyl (C=O) groups excluding carboxylic acids is 2. The molecule has 0 amide bonds. The van der Waals surface area contributed by atoms with Gasteiger partial charge in [-0.1, -0.05) is 84.9 Å². The van der Waals surface area contributed by atoms with Gasteiger partial charge in [-0.3, -0.25) is 4.79 Å². The molecule has 0 N–H and O–H groups in total. The van der Waals surface area contributed by atoms with Gasteiger partial charge >= 0.3 is 0 Å². The van der Waals surface area contributed by atoms with E-state index in [2.05, 4.69) is 24.3 Å². The highest BCUT2D eigenvalue weighted by Crippen LogP contribution is 2.28. The van der Waals surface area contributed by atoms with Crippen molar-refractivity contribution in [1.29, 1.82) is 0 Å². The summed E-state index contributed by atoms with van der Waals surface area (Å²) in [6, 6.07) is 27.6. The number of benzene rings is 3. The lowest BCUT2D eigenvalue weighted by atomic mass is 9.87. The number of hydrogen-bond acceptors (Lipinski definition) is 2. The van der Waals surface area contributed by atoms with E-state index in [4.69, 9.17) is 0 Å². The zero-order chi connectivity index (χ0) is 18.4. The minimum Gasteiger partial charge on any atom is -0.300 e. The van der Waals surface area contributed by atoms with E-state index in [1.165, 1.54) is 0 Å². The largest absolute Gasteiger partial charge is 0.300 e. The standard InChI is InChI=1S/C24H22O2/c1-18(25)16-23(17-24(26)22-10-6-3-7-11-22)21-14-12-20(13-15-21)19-8-4-2-5-9-19/h2-15,23H,16-17H2,1H3/t23-/m0/s1. The molecule has 0 radical (unpaired) electrons. The van der Waals surface area contributed by atoms with Crippen LogP contribution in [-0.2, 0) is 4.79 Å². The third-order valence-electron chi connectivity index (χ3n) is 4.55. The van der Waals surface area contributed by atoms with Crippen molar-refractivity contribution in [3.63, 3.8) is 0 Å². The lowest BCUT2D eigenvalue weighted by Crippen LogP contribution is -2.11. The molecule has 2 nitrogen and oxygen atoms in total. The third kappa shape index (κ3) is 4.54. The van der Waals surface area contributed by atoms with Gasteiger partial charge in [-0.2, -0.15) is 0 Å². The van der Waals surface area contributed by atoms with Crippen molar-refractivity contribution in [3.8, 4) is 11.1 Å².